The average molecular weight is 343 g/mol. The van der Waals surface area contributed by atoms with Gasteiger partial charge in [0.15, 0.2) is 0 Å². The van der Waals surface area contributed by atoms with E-state index >= 15 is 0 Å². The molecule has 3 rings (SSSR count). The van der Waals surface area contributed by atoms with Crippen LogP contribution in [0.25, 0.3) is 0 Å². The second kappa shape index (κ2) is 7.29. The van der Waals surface area contributed by atoms with Gasteiger partial charge < -0.3 is 10.2 Å². The highest BCUT2D eigenvalue weighted by molar-refractivity contribution is 5.93. The number of nitrogens with one attached hydrogen (secondary N) is 1. The van der Waals surface area contributed by atoms with Crippen LogP contribution in [0, 0.1) is 15.9 Å². The van der Waals surface area contributed by atoms with Crippen LogP contribution < -0.4 is 10.2 Å². The average Bonchev–Trinajstić information content (AvgIpc) is 3.09. The molecule has 1 aliphatic heterocycles. The quantitative estimate of drug-likeness (QED) is 0.666. The smallest absolute Gasteiger partial charge is 0.308 e. The lowest BCUT2D eigenvalue weighted by Crippen LogP contribution is -2.18. The number of carbonyl (C=O) groups excluding carboxylic acids is 1. The molecular weight excluding hydrogens is 325 g/mol. The first-order valence-corrected chi connectivity index (χ1v) is 8.11. The van der Waals surface area contributed by atoms with Crippen LogP contribution in [0.2, 0.25) is 0 Å². The monoisotopic (exact) mass is 343 g/mol. The minimum atomic E-state index is -0.940. The lowest BCUT2D eigenvalue weighted by atomic mass is 10.1. The van der Waals surface area contributed by atoms with Crippen LogP contribution in [0.4, 0.5) is 21.5 Å². The van der Waals surface area contributed by atoms with Gasteiger partial charge in [-0.05, 0) is 43.2 Å². The highest BCUT2D eigenvalue weighted by Gasteiger charge is 2.21. The standard InChI is InChI=1S/C18H18FN3O3/c19-16-5-3-4-13(18(16)22(24)25)12-17(23)20-14-6-8-15(9-7-14)21-10-1-2-11-21/h3-9H,1-2,10-12H2,(H,20,23). The molecule has 0 saturated carbocycles. The molecule has 130 valence electrons. The molecule has 0 unspecified atom stereocenters. The lowest BCUT2D eigenvalue weighted by Gasteiger charge is -2.17. The van der Waals surface area contributed by atoms with E-state index in [2.05, 4.69) is 10.2 Å². The Kier molecular flexibility index (Phi) is 4.92. The second-order valence-corrected chi connectivity index (χ2v) is 5.97. The van der Waals surface area contributed by atoms with Gasteiger partial charge in [0.1, 0.15) is 0 Å². The predicted molar refractivity (Wildman–Crippen MR) is 93.3 cm³/mol. The van der Waals surface area contributed by atoms with Gasteiger partial charge in [0.05, 0.1) is 11.3 Å². The fraction of sp³-hybridized carbons (Fsp3) is 0.278. The molecule has 25 heavy (non-hydrogen) atoms. The Morgan fingerprint density at radius 2 is 1.84 bits per heavy atom. The van der Waals surface area contributed by atoms with Gasteiger partial charge in [-0.1, -0.05) is 12.1 Å². The predicted octanol–water partition coefficient (Wildman–Crippen LogP) is 3.52. The highest BCUT2D eigenvalue weighted by Crippen LogP contribution is 2.24. The van der Waals surface area contributed by atoms with Crippen LogP contribution in [-0.2, 0) is 11.2 Å². The molecule has 0 aliphatic carbocycles. The number of para-hydroxylation sites is 1. The number of carbonyl (C=O) groups is 1. The van der Waals surface area contributed by atoms with Crippen molar-refractivity contribution >= 4 is 23.0 Å². The molecule has 1 fully saturated rings. The zero-order chi connectivity index (χ0) is 17.8. The van der Waals surface area contributed by atoms with Crippen molar-refractivity contribution in [3.05, 3.63) is 64.0 Å². The van der Waals surface area contributed by atoms with Crippen molar-refractivity contribution in [3.8, 4) is 0 Å². The minimum Gasteiger partial charge on any atom is -0.372 e. The van der Waals surface area contributed by atoms with E-state index in [1.807, 2.05) is 12.1 Å². The lowest BCUT2D eigenvalue weighted by molar-refractivity contribution is -0.388. The third kappa shape index (κ3) is 3.93. The number of amides is 1. The number of nitro benzene ring substituents is 1. The molecule has 1 heterocycles. The SMILES string of the molecule is O=C(Cc1cccc(F)c1[N+](=O)[O-])Nc1ccc(N2CCCC2)cc1. The molecule has 6 nitrogen and oxygen atoms in total. The summed E-state index contributed by atoms with van der Waals surface area (Å²) in [4.78, 5) is 24.6. The van der Waals surface area contributed by atoms with E-state index in [0.717, 1.165) is 24.8 Å². The minimum absolute atomic E-state index is 0.0520. The Labute approximate surface area is 144 Å². The van der Waals surface area contributed by atoms with Gasteiger partial charge in [0, 0.05) is 30.0 Å². The summed E-state index contributed by atoms with van der Waals surface area (Å²) in [5.74, 6) is -1.37. The molecule has 1 saturated heterocycles. The molecule has 0 atom stereocenters. The van der Waals surface area contributed by atoms with Crippen molar-refractivity contribution in [2.24, 2.45) is 0 Å². The van der Waals surface area contributed by atoms with Crippen molar-refractivity contribution in [2.45, 2.75) is 19.3 Å². The normalized spacial score (nSPS) is 13.7. The van der Waals surface area contributed by atoms with E-state index < -0.39 is 22.3 Å². The number of hydrogen-bond donors (Lipinski definition) is 1. The maximum atomic E-state index is 13.6. The molecule has 2 aromatic rings. The molecule has 7 heteroatoms. The van der Waals surface area contributed by atoms with E-state index in [0.29, 0.717) is 5.69 Å². The van der Waals surface area contributed by atoms with Crippen LogP contribution >= 0.6 is 0 Å². The Morgan fingerprint density at radius 1 is 1.16 bits per heavy atom. The maximum Gasteiger partial charge on any atom is 0.308 e. The van der Waals surface area contributed by atoms with Gasteiger partial charge in [0.2, 0.25) is 11.7 Å². The summed E-state index contributed by atoms with van der Waals surface area (Å²) in [5.41, 5.74) is 1.11. The van der Waals surface area contributed by atoms with E-state index in [1.54, 1.807) is 12.1 Å². The number of nitrogens with zero attached hydrogens (tertiary/aromatic N) is 2. The van der Waals surface area contributed by atoms with Gasteiger partial charge in [-0.15, -0.1) is 0 Å². The van der Waals surface area contributed by atoms with E-state index in [-0.39, 0.29) is 12.0 Å². The summed E-state index contributed by atoms with van der Waals surface area (Å²) in [6.07, 6.45) is 2.11. The Bertz CT molecular complexity index is 787. The number of hydrogen-bond acceptors (Lipinski definition) is 4. The third-order valence-corrected chi connectivity index (χ3v) is 4.23. The summed E-state index contributed by atoms with van der Waals surface area (Å²) in [5, 5.41) is 13.7. The summed E-state index contributed by atoms with van der Waals surface area (Å²) in [7, 11) is 0. The van der Waals surface area contributed by atoms with Gasteiger partial charge in [-0.3, -0.25) is 14.9 Å². The zero-order valence-corrected chi connectivity index (χ0v) is 13.6. The van der Waals surface area contributed by atoms with Gasteiger partial charge in [0.25, 0.3) is 0 Å². The van der Waals surface area contributed by atoms with Crippen molar-refractivity contribution in [3.63, 3.8) is 0 Å². The van der Waals surface area contributed by atoms with Crippen LogP contribution in [0.1, 0.15) is 18.4 Å². The van der Waals surface area contributed by atoms with Crippen LogP contribution in [0.3, 0.4) is 0 Å². The number of benzene rings is 2. The first-order chi connectivity index (χ1) is 12.0. The van der Waals surface area contributed by atoms with Gasteiger partial charge in [-0.25, -0.2) is 0 Å². The van der Waals surface area contributed by atoms with Gasteiger partial charge in [-0.2, -0.15) is 4.39 Å². The van der Waals surface area contributed by atoms with Crippen molar-refractivity contribution in [1.29, 1.82) is 0 Å². The van der Waals surface area contributed by atoms with Crippen molar-refractivity contribution in [1.82, 2.24) is 0 Å². The Morgan fingerprint density at radius 3 is 2.48 bits per heavy atom. The number of anilines is 2. The largest absolute Gasteiger partial charge is 0.372 e. The fourth-order valence-electron chi connectivity index (χ4n) is 3.02. The Balaban J connectivity index is 1.67. The second-order valence-electron chi connectivity index (χ2n) is 5.97. The molecule has 2 aromatic carbocycles. The summed E-state index contributed by atoms with van der Waals surface area (Å²) < 4.78 is 13.6. The van der Waals surface area contributed by atoms with Gasteiger partial charge >= 0.3 is 5.69 Å². The van der Waals surface area contributed by atoms with Crippen molar-refractivity contribution < 1.29 is 14.1 Å². The topological polar surface area (TPSA) is 75.5 Å². The molecule has 0 spiro atoms. The molecule has 1 aliphatic rings. The fourth-order valence-corrected chi connectivity index (χ4v) is 3.02. The first kappa shape index (κ1) is 16.9. The highest BCUT2D eigenvalue weighted by atomic mass is 19.1. The molecule has 0 bridgehead atoms. The summed E-state index contributed by atoms with van der Waals surface area (Å²) >= 11 is 0. The third-order valence-electron chi connectivity index (χ3n) is 4.23. The van der Waals surface area contributed by atoms with Crippen molar-refractivity contribution in [2.75, 3.05) is 23.3 Å². The Hall–Kier alpha value is -2.96. The first-order valence-electron chi connectivity index (χ1n) is 8.11. The number of nitro groups is 1. The molecular formula is C18H18FN3O3. The molecule has 0 aromatic heterocycles. The van der Waals surface area contributed by atoms with E-state index in [1.165, 1.54) is 25.0 Å². The molecule has 1 amide bonds. The molecule has 1 N–H and O–H groups in total. The zero-order valence-electron chi connectivity index (χ0n) is 13.6. The van der Waals surface area contributed by atoms with Crippen LogP contribution in [0.5, 0.6) is 0 Å². The summed E-state index contributed by atoms with van der Waals surface area (Å²) in [6, 6.07) is 11.2. The van der Waals surface area contributed by atoms with E-state index in [4.69, 9.17) is 0 Å². The van der Waals surface area contributed by atoms with Crippen LogP contribution in [-0.4, -0.2) is 23.9 Å². The molecule has 0 radical (unpaired) electrons. The number of halogens is 1. The van der Waals surface area contributed by atoms with E-state index in [9.17, 15) is 19.3 Å². The maximum absolute atomic E-state index is 13.6. The van der Waals surface area contributed by atoms with Crippen LogP contribution in [0.15, 0.2) is 42.5 Å². The number of rotatable bonds is 5. The summed E-state index contributed by atoms with van der Waals surface area (Å²) in [6.45, 7) is 2.07.